The average molecular weight is 313 g/mol. The molecule has 0 spiro atoms. The molecule has 0 aliphatic carbocycles. The SMILES string of the molecule is CCC1(CC)CN=C(NC2CCOC(CC)(CC)C2)SC1. The molecule has 1 fully saturated rings. The summed E-state index contributed by atoms with van der Waals surface area (Å²) >= 11 is 1.93. The zero-order valence-corrected chi connectivity index (χ0v) is 15.0. The van der Waals surface area contributed by atoms with Gasteiger partial charge < -0.3 is 10.1 Å². The van der Waals surface area contributed by atoms with Gasteiger partial charge in [0.1, 0.15) is 0 Å². The van der Waals surface area contributed by atoms with Crippen molar-refractivity contribution in [2.24, 2.45) is 10.4 Å². The largest absolute Gasteiger partial charge is 0.375 e. The van der Waals surface area contributed by atoms with E-state index >= 15 is 0 Å². The highest BCUT2D eigenvalue weighted by atomic mass is 32.2. The topological polar surface area (TPSA) is 33.6 Å². The number of nitrogens with one attached hydrogen (secondary N) is 1. The minimum atomic E-state index is 0.0897. The van der Waals surface area contributed by atoms with Gasteiger partial charge >= 0.3 is 0 Å². The molecule has 0 saturated carbocycles. The van der Waals surface area contributed by atoms with Crippen LogP contribution in [0.5, 0.6) is 0 Å². The Bertz CT molecular complexity index is 362. The van der Waals surface area contributed by atoms with Crippen LogP contribution in [-0.2, 0) is 4.74 Å². The van der Waals surface area contributed by atoms with E-state index in [1.165, 1.54) is 23.8 Å². The quantitative estimate of drug-likeness (QED) is 0.825. The first kappa shape index (κ1) is 17.1. The highest BCUT2D eigenvalue weighted by molar-refractivity contribution is 8.13. The third-order valence-electron chi connectivity index (χ3n) is 5.68. The van der Waals surface area contributed by atoms with E-state index in [0.29, 0.717) is 11.5 Å². The molecular formula is C17H32N2OS. The number of amidine groups is 1. The summed E-state index contributed by atoms with van der Waals surface area (Å²) in [6.07, 6.45) is 6.91. The van der Waals surface area contributed by atoms with Crippen molar-refractivity contribution in [1.82, 2.24) is 5.32 Å². The summed E-state index contributed by atoms with van der Waals surface area (Å²) in [7, 11) is 0. The van der Waals surface area contributed by atoms with Gasteiger partial charge in [-0.05, 0) is 43.9 Å². The van der Waals surface area contributed by atoms with E-state index in [2.05, 4.69) is 33.0 Å². The van der Waals surface area contributed by atoms with Crippen LogP contribution in [0.2, 0.25) is 0 Å². The van der Waals surface area contributed by atoms with Gasteiger partial charge in [-0.15, -0.1) is 0 Å². The van der Waals surface area contributed by atoms with Crippen molar-refractivity contribution in [3.05, 3.63) is 0 Å². The van der Waals surface area contributed by atoms with Crippen LogP contribution in [0.15, 0.2) is 4.99 Å². The maximum absolute atomic E-state index is 6.06. The normalized spacial score (nSPS) is 28.0. The van der Waals surface area contributed by atoms with E-state index < -0.39 is 0 Å². The molecule has 2 rings (SSSR count). The number of rotatable bonds is 5. The number of ether oxygens (including phenoxy) is 1. The molecule has 21 heavy (non-hydrogen) atoms. The van der Waals surface area contributed by atoms with Crippen molar-refractivity contribution in [1.29, 1.82) is 0 Å². The number of aliphatic imine (C=N–C) groups is 1. The molecule has 0 amide bonds. The van der Waals surface area contributed by atoms with Gasteiger partial charge in [0, 0.05) is 24.9 Å². The molecule has 1 saturated heterocycles. The zero-order chi connectivity index (χ0) is 15.3. The van der Waals surface area contributed by atoms with E-state index in [0.717, 1.165) is 38.8 Å². The predicted octanol–water partition coefficient (Wildman–Crippen LogP) is 4.22. The predicted molar refractivity (Wildman–Crippen MR) is 93.2 cm³/mol. The highest BCUT2D eigenvalue weighted by Gasteiger charge is 2.36. The first-order valence-electron chi connectivity index (χ1n) is 8.68. The van der Waals surface area contributed by atoms with Gasteiger partial charge in [0.05, 0.1) is 5.60 Å². The molecule has 0 bridgehead atoms. The van der Waals surface area contributed by atoms with Gasteiger partial charge in [0.15, 0.2) is 5.17 Å². The first-order valence-corrected chi connectivity index (χ1v) is 9.67. The lowest BCUT2D eigenvalue weighted by atomic mass is 9.84. The van der Waals surface area contributed by atoms with Crippen LogP contribution in [0.25, 0.3) is 0 Å². The fraction of sp³-hybridized carbons (Fsp3) is 0.941. The minimum Gasteiger partial charge on any atom is -0.375 e. The first-order chi connectivity index (χ1) is 10.1. The van der Waals surface area contributed by atoms with E-state index in [9.17, 15) is 0 Å². The molecule has 0 aromatic rings. The third-order valence-corrected chi connectivity index (χ3v) is 6.96. The van der Waals surface area contributed by atoms with Crippen molar-refractivity contribution >= 4 is 16.9 Å². The summed E-state index contributed by atoms with van der Waals surface area (Å²) in [5, 5.41) is 4.87. The van der Waals surface area contributed by atoms with E-state index in [-0.39, 0.29) is 5.60 Å². The van der Waals surface area contributed by atoms with Gasteiger partial charge in [-0.25, -0.2) is 0 Å². The second-order valence-corrected chi connectivity index (χ2v) is 7.65. The van der Waals surface area contributed by atoms with E-state index in [4.69, 9.17) is 9.73 Å². The van der Waals surface area contributed by atoms with Crippen molar-refractivity contribution in [2.45, 2.75) is 77.9 Å². The summed E-state index contributed by atoms with van der Waals surface area (Å²) in [6.45, 7) is 11.0. The zero-order valence-electron chi connectivity index (χ0n) is 14.2. The summed E-state index contributed by atoms with van der Waals surface area (Å²) in [4.78, 5) is 4.85. The Morgan fingerprint density at radius 3 is 2.43 bits per heavy atom. The van der Waals surface area contributed by atoms with Crippen LogP contribution in [-0.4, -0.2) is 35.7 Å². The number of hydrogen-bond acceptors (Lipinski definition) is 4. The summed E-state index contributed by atoms with van der Waals surface area (Å²) in [6, 6.07) is 0.528. The number of thioether (sulfide) groups is 1. The van der Waals surface area contributed by atoms with Crippen molar-refractivity contribution in [2.75, 3.05) is 18.9 Å². The third kappa shape index (κ3) is 3.95. The Balaban J connectivity index is 1.92. The molecule has 2 aliphatic heterocycles. The molecule has 1 unspecified atom stereocenters. The smallest absolute Gasteiger partial charge is 0.156 e. The van der Waals surface area contributed by atoms with Gasteiger partial charge in [0.25, 0.3) is 0 Å². The molecule has 2 heterocycles. The Hall–Kier alpha value is -0.220. The Kier molecular flexibility index (Phi) is 6.01. The summed E-state index contributed by atoms with van der Waals surface area (Å²) < 4.78 is 6.06. The molecule has 122 valence electrons. The van der Waals surface area contributed by atoms with Gasteiger partial charge in [-0.1, -0.05) is 39.5 Å². The van der Waals surface area contributed by atoms with E-state index in [1.807, 2.05) is 11.8 Å². The van der Waals surface area contributed by atoms with Crippen LogP contribution in [0.3, 0.4) is 0 Å². The van der Waals surface area contributed by atoms with Crippen molar-refractivity contribution < 1.29 is 4.74 Å². The summed E-state index contributed by atoms with van der Waals surface area (Å²) in [5.74, 6) is 1.21. The highest BCUT2D eigenvalue weighted by Crippen LogP contribution is 2.36. The molecule has 4 heteroatoms. The van der Waals surface area contributed by atoms with Crippen LogP contribution in [0.1, 0.15) is 66.2 Å². The summed E-state index contributed by atoms with van der Waals surface area (Å²) in [5.41, 5.74) is 0.522. The Morgan fingerprint density at radius 1 is 1.19 bits per heavy atom. The monoisotopic (exact) mass is 312 g/mol. The van der Waals surface area contributed by atoms with Crippen LogP contribution >= 0.6 is 11.8 Å². The number of nitrogens with zero attached hydrogens (tertiary/aromatic N) is 1. The molecule has 3 nitrogen and oxygen atoms in total. The van der Waals surface area contributed by atoms with Crippen LogP contribution in [0, 0.1) is 5.41 Å². The maximum Gasteiger partial charge on any atom is 0.156 e. The maximum atomic E-state index is 6.06. The van der Waals surface area contributed by atoms with E-state index in [1.54, 1.807) is 0 Å². The van der Waals surface area contributed by atoms with Crippen LogP contribution < -0.4 is 5.32 Å². The van der Waals surface area contributed by atoms with Crippen molar-refractivity contribution in [3.8, 4) is 0 Å². The lowest BCUT2D eigenvalue weighted by molar-refractivity contribution is -0.0909. The molecule has 2 aliphatic rings. The second kappa shape index (κ2) is 7.36. The Labute approximate surface area is 134 Å². The second-order valence-electron chi connectivity index (χ2n) is 6.69. The van der Waals surface area contributed by atoms with Gasteiger partial charge in [-0.3, -0.25) is 4.99 Å². The van der Waals surface area contributed by atoms with Crippen molar-refractivity contribution in [3.63, 3.8) is 0 Å². The molecule has 0 radical (unpaired) electrons. The minimum absolute atomic E-state index is 0.0897. The molecule has 0 aromatic carbocycles. The fourth-order valence-corrected chi connectivity index (χ4v) is 4.73. The molecule has 1 N–H and O–H groups in total. The molecule has 0 aromatic heterocycles. The lowest BCUT2D eigenvalue weighted by Gasteiger charge is -2.41. The van der Waals surface area contributed by atoms with Gasteiger partial charge in [-0.2, -0.15) is 0 Å². The molecule has 1 atom stereocenters. The molecular weight excluding hydrogens is 280 g/mol. The fourth-order valence-electron chi connectivity index (χ4n) is 3.39. The van der Waals surface area contributed by atoms with Crippen LogP contribution in [0.4, 0.5) is 0 Å². The lowest BCUT2D eigenvalue weighted by Crippen LogP contribution is -2.48. The standard InChI is InChI=1S/C17H32N2OS/c1-5-16(6-2)12-18-15(21-13-16)19-14-9-10-20-17(7-3,8-4)11-14/h14H,5-13H2,1-4H3,(H,18,19). The Morgan fingerprint density at radius 2 is 1.90 bits per heavy atom. The average Bonchev–Trinajstić information content (AvgIpc) is 2.56. The number of hydrogen-bond donors (Lipinski definition) is 1. The van der Waals surface area contributed by atoms with Gasteiger partial charge in [0.2, 0.25) is 0 Å².